The maximum atomic E-state index is 9.43. The third-order valence-corrected chi connectivity index (χ3v) is 2.29. The van der Waals surface area contributed by atoms with Gasteiger partial charge in [-0.15, -0.1) is 0 Å². The van der Waals surface area contributed by atoms with Crippen molar-refractivity contribution in [1.29, 1.82) is 0 Å². The first kappa shape index (κ1) is 10.8. The molecule has 0 radical (unpaired) electrons. The second kappa shape index (κ2) is 3.49. The van der Waals surface area contributed by atoms with Crippen LogP contribution in [0.25, 0.3) is 0 Å². The van der Waals surface area contributed by atoms with Gasteiger partial charge in [0.25, 0.3) is 0 Å². The maximum absolute atomic E-state index is 9.43. The van der Waals surface area contributed by atoms with E-state index >= 15 is 0 Å². The minimum Gasteiger partial charge on any atom is -0.394 e. The molecule has 0 bridgehead atoms. The number of aliphatic hydroxyl groups excluding tert-OH is 4. The van der Waals surface area contributed by atoms with Crippen LogP contribution in [0.3, 0.4) is 0 Å². The van der Waals surface area contributed by atoms with Crippen molar-refractivity contribution in [1.82, 2.24) is 0 Å². The number of aliphatic hydroxyl groups is 5. The summed E-state index contributed by atoms with van der Waals surface area (Å²) in [5.74, 6) is 0. The molecule has 0 aliphatic carbocycles. The highest BCUT2D eigenvalue weighted by Crippen LogP contribution is 2.27. The number of ether oxygens (including phenoxy) is 1. The van der Waals surface area contributed by atoms with Crippen LogP contribution in [0.1, 0.15) is 6.92 Å². The third-order valence-electron chi connectivity index (χ3n) is 2.29. The van der Waals surface area contributed by atoms with E-state index < -0.39 is 36.8 Å². The first-order valence-corrected chi connectivity index (χ1v) is 3.94. The normalized spacial score (nSPS) is 52.2. The van der Waals surface area contributed by atoms with Crippen LogP contribution in [0, 0.1) is 0 Å². The topological polar surface area (TPSA) is 110 Å². The Bertz CT molecular complexity index is 182. The molecule has 0 spiro atoms. The Kier molecular flexibility index (Phi) is 2.91. The molecule has 1 heterocycles. The number of hydrogen-bond donors (Lipinski definition) is 5. The predicted octanol–water partition coefficient (Wildman–Crippen LogP) is -2.83. The highest BCUT2D eigenvalue weighted by molar-refractivity contribution is 4.96. The Morgan fingerprint density at radius 2 is 1.85 bits per heavy atom. The summed E-state index contributed by atoms with van der Waals surface area (Å²) >= 11 is 0. The van der Waals surface area contributed by atoms with Gasteiger partial charge in [-0.3, -0.25) is 0 Å². The molecule has 1 aliphatic heterocycles. The second-order valence-corrected chi connectivity index (χ2v) is 3.37. The van der Waals surface area contributed by atoms with E-state index in [1.165, 1.54) is 0 Å². The molecule has 5 atom stereocenters. The van der Waals surface area contributed by atoms with Crippen LogP contribution in [0.2, 0.25) is 0 Å². The van der Waals surface area contributed by atoms with Crippen molar-refractivity contribution in [2.24, 2.45) is 0 Å². The lowest BCUT2D eigenvalue weighted by atomic mass is 9.88. The standard InChI is InChI=1S/C7H14O6/c1-7(12)5(10)4(9)3(2-8)13-6(7)11/h3-6,8-12H,2H2,1H3/t3?,4-,5+,6+,7?/m0/s1. The molecule has 2 unspecified atom stereocenters. The molecule has 0 saturated carbocycles. The van der Waals surface area contributed by atoms with E-state index in [0.29, 0.717) is 0 Å². The van der Waals surface area contributed by atoms with Crippen LogP contribution >= 0.6 is 0 Å². The van der Waals surface area contributed by atoms with Gasteiger partial charge in [0.1, 0.15) is 23.9 Å². The van der Waals surface area contributed by atoms with E-state index in [1.807, 2.05) is 0 Å². The van der Waals surface area contributed by atoms with Crippen molar-refractivity contribution in [3.63, 3.8) is 0 Å². The summed E-state index contributed by atoms with van der Waals surface area (Å²) in [5, 5.41) is 45.9. The Morgan fingerprint density at radius 3 is 2.31 bits per heavy atom. The molecule has 0 aromatic carbocycles. The molecule has 1 aliphatic rings. The smallest absolute Gasteiger partial charge is 0.186 e. The minimum absolute atomic E-state index is 0.536. The molecule has 1 fully saturated rings. The molecule has 5 N–H and O–H groups in total. The summed E-state index contributed by atoms with van der Waals surface area (Å²) < 4.78 is 4.68. The van der Waals surface area contributed by atoms with Crippen molar-refractivity contribution in [3.8, 4) is 0 Å². The van der Waals surface area contributed by atoms with Crippen LogP contribution in [-0.2, 0) is 4.74 Å². The van der Waals surface area contributed by atoms with Gasteiger partial charge in [-0.2, -0.15) is 0 Å². The van der Waals surface area contributed by atoms with Gasteiger partial charge in [0, 0.05) is 0 Å². The van der Waals surface area contributed by atoms with Crippen molar-refractivity contribution < 1.29 is 30.3 Å². The van der Waals surface area contributed by atoms with Crippen LogP contribution in [0.4, 0.5) is 0 Å². The zero-order chi connectivity index (χ0) is 10.2. The monoisotopic (exact) mass is 194 g/mol. The summed E-state index contributed by atoms with van der Waals surface area (Å²) in [7, 11) is 0. The molecule has 0 aromatic heterocycles. The average Bonchev–Trinajstić information content (AvgIpc) is 2.09. The third kappa shape index (κ3) is 1.69. The fourth-order valence-electron chi connectivity index (χ4n) is 1.23. The zero-order valence-corrected chi connectivity index (χ0v) is 7.16. The lowest BCUT2D eigenvalue weighted by Gasteiger charge is -2.43. The molecular weight excluding hydrogens is 180 g/mol. The Hall–Kier alpha value is -0.240. The van der Waals surface area contributed by atoms with Crippen molar-refractivity contribution in [2.45, 2.75) is 37.1 Å². The maximum Gasteiger partial charge on any atom is 0.186 e. The SMILES string of the molecule is CC1(O)[C@H](O)OC(CO)[C@H](O)[C@H]1O. The zero-order valence-electron chi connectivity index (χ0n) is 7.16. The van der Waals surface area contributed by atoms with Crippen LogP contribution in [0.5, 0.6) is 0 Å². The lowest BCUT2D eigenvalue weighted by Crippen LogP contribution is -2.65. The van der Waals surface area contributed by atoms with E-state index in [1.54, 1.807) is 0 Å². The van der Waals surface area contributed by atoms with Crippen LogP contribution in [0.15, 0.2) is 0 Å². The van der Waals surface area contributed by atoms with Gasteiger partial charge in [-0.1, -0.05) is 0 Å². The van der Waals surface area contributed by atoms with Crippen molar-refractivity contribution in [2.75, 3.05) is 6.61 Å². The Balaban J connectivity index is 2.79. The Morgan fingerprint density at radius 1 is 1.31 bits per heavy atom. The first-order valence-electron chi connectivity index (χ1n) is 3.94. The number of hydrogen-bond acceptors (Lipinski definition) is 6. The van der Waals surface area contributed by atoms with Gasteiger partial charge in [0.05, 0.1) is 6.61 Å². The summed E-state index contributed by atoms with van der Waals surface area (Å²) in [6.45, 7) is 0.602. The molecule has 13 heavy (non-hydrogen) atoms. The molecule has 1 saturated heterocycles. The molecule has 6 nitrogen and oxygen atoms in total. The Labute approximate surface area is 75.0 Å². The molecule has 1 rings (SSSR count). The van der Waals surface area contributed by atoms with Gasteiger partial charge < -0.3 is 30.3 Å². The van der Waals surface area contributed by atoms with E-state index in [4.69, 9.17) is 5.11 Å². The first-order chi connectivity index (χ1) is 5.91. The van der Waals surface area contributed by atoms with Gasteiger partial charge in [0.2, 0.25) is 0 Å². The second-order valence-electron chi connectivity index (χ2n) is 3.37. The summed E-state index contributed by atoms with van der Waals surface area (Å²) in [6.07, 6.45) is -5.66. The van der Waals surface area contributed by atoms with Gasteiger partial charge in [-0.05, 0) is 6.92 Å². The predicted molar refractivity (Wildman–Crippen MR) is 40.6 cm³/mol. The molecule has 6 heteroatoms. The summed E-state index contributed by atoms with van der Waals surface area (Å²) in [4.78, 5) is 0. The largest absolute Gasteiger partial charge is 0.394 e. The molecule has 78 valence electrons. The van der Waals surface area contributed by atoms with E-state index in [0.717, 1.165) is 6.92 Å². The van der Waals surface area contributed by atoms with Gasteiger partial charge in [-0.25, -0.2) is 0 Å². The van der Waals surface area contributed by atoms with Crippen LogP contribution < -0.4 is 0 Å². The van der Waals surface area contributed by atoms with E-state index in [9.17, 15) is 20.4 Å². The fourth-order valence-corrected chi connectivity index (χ4v) is 1.23. The summed E-state index contributed by atoms with van der Waals surface area (Å²) in [6, 6.07) is 0. The quantitative estimate of drug-likeness (QED) is 0.308. The van der Waals surface area contributed by atoms with Gasteiger partial charge in [0.15, 0.2) is 6.29 Å². The fraction of sp³-hybridized carbons (Fsp3) is 1.00. The lowest BCUT2D eigenvalue weighted by molar-refractivity contribution is -0.323. The van der Waals surface area contributed by atoms with Crippen molar-refractivity contribution in [3.05, 3.63) is 0 Å². The molecule has 0 amide bonds. The van der Waals surface area contributed by atoms with Crippen LogP contribution in [-0.4, -0.2) is 62.3 Å². The van der Waals surface area contributed by atoms with Crippen molar-refractivity contribution >= 4 is 0 Å². The highest BCUT2D eigenvalue weighted by Gasteiger charge is 2.50. The molecule has 0 aromatic rings. The van der Waals surface area contributed by atoms with Gasteiger partial charge >= 0.3 is 0 Å². The molecular formula is C7H14O6. The average molecular weight is 194 g/mol. The van der Waals surface area contributed by atoms with E-state index in [-0.39, 0.29) is 0 Å². The summed E-state index contributed by atoms with van der Waals surface area (Å²) in [5.41, 5.74) is -1.93. The number of rotatable bonds is 1. The highest BCUT2D eigenvalue weighted by atomic mass is 16.6. The van der Waals surface area contributed by atoms with E-state index in [2.05, 4.69) is 4.74 Å². The minimum atomic E-state index is -1.93.